The van der Waals surface area contributed by atoms with Gasteiger partial charge in [0.25, 0.3) is 0 Å². The van der Waals surface area contributed by atoms with E-state index in [1.807, 2.05) is 0 Å². The average molecular weight is 276 g/mol. The molecule has 0 aromatic heterocycles. The summed E-state index contributed by atoms with van der Waals surface area (Å²) in [7, 11) is 1.45. The van der Waals surface area contributed by atoms with Crippen LogP contribution in [0.25, 0.3) is 0 Å². The number of esters is 1. The molecule has 0 bridgehead atoms. The van der Waals surface area contributed by atoms with E-state index in [0.717, 1.165) is 0 Å². The van der Waals surface area contributed by atoms with Gasteiger partial charge in [-0.25, -0.2) is 9.18 Å². The minimum absolute atomic E-state index is 0.0582. The first-order valence-electron chi connectivity index (χ1n) is 5.89. The second-order valence-electron chi connectivity index (χ2n) is 4.05. The first kappa shape index (κ1) is 13.9. The molecule has 104 valence electrons. The first-order valence-corrected chi connectivity index (χ1v) is 5.89. The van der Waals surface area contributed by atoms with Gasteiger partial charge >= 0.3 is 5.97 Å². The Morgan fingerprint density at radius 3 is 2.70 bits per heavy atom. The van der Waals surface area contributed by atoms with Gasteiger partial charge in [0.1, 0.15) is 29.5 Å². The molecule has 0 aliphatic heterocycles. The predicted molar refractivity (Wildman–Crippen MR) is 70.2 cm³/mol. The summed E-state index contributed by atoms with van der Waals surface area (Å²) in [5.74, 6) is -0.867. The molecule has 0 atom stereocenters. The van der Waals surface area contributed by atoms with Crippen molar-refractivity contribution < 1.29 is 23.8 Å². The zero-order chi connectivity index (χ0) is 14.5. The maximum atomic E-state index is 13.2. The third-order valence-corrected chi connectivity index (χ3v) is 2.73. The van der Waals surface area contributed by atoms with E-state index in [1.165, 1.54) is 37.4 Å². The molecule has 1 N–H and O–H groups in total. The van der Waals surface area contributed by atoms with E-state index in [9.17, 15) is 14.3 Å². The van der Waals surface area contributed by atoms with Crippen molar-refractivity contribution in [2.45, 2.75) is 6.61 Å². The molecule has 0 saturated heterocycles. The molecule has 0 spiro atoms. The smallest absolute Gasteiger partial charge is 0.342 e. The van der Waals surface area contributed by atoms with Gasteiger partial charge in [0.05, 0.1) is 7.11 Å². The number of aromatic hydroxyl groups is 1. The number of carbonyl (C=O) groups excluding carboxylic acids is 1. The monoisotopic (exact) mass is 276 g/mol. The number of rotatable bonds is 4. The number of para-hydroxylation sites is 1. The van der Waals surface area contributed by atoms with Crippen LogP contribution in [0.3, 0.4) is 0 Å². The van der Waals surface area contributed by atoms with E-state index in [0.29, 0.717) is 11.3 Å². The maximum Gasteiger partial charge on any atom is 0.342 e. The second kappa shape index (κ2) is 6.06. The Bertz CT molecular complexity index is 625. The molecule has 2 aromatic carbocycles. The number of halogens is 1. The molecule has 0 aliphatic rings. The van der Waals surface area contributed by atoms with Gasteiger partial charge in [-0.3, -0.25) is 0 Å². The van der Waals surface area contributed by atoms with Crippen molar-refractivity contribution in [2.75, 3.05) is 7.11 Å². The van der Waals surface area contributed by atoms with Gasteiger partial charge in [-0.05, 0) is 30.3 Å². The van der Waals surface area contributed by atoms with Crippen molar-refractivity contribution in [1.29, 1.82) is 0 Å². The first-order chi connectivity index (χ1) is 9.61. The van der Waals surface area contributed by atoms with Crippen LogP contribution in [-0.2, 0) is 11.3 Å². The molecule has 0 aliphatic carbocycles. The zero-order valence-corrected chi connectivity index (χ0v) is 10.8. The molecule has 0 radical (unpaired) electrons. The summed E-state index contributed by atoms with van der Waals surface area (Å²) in [6.45, 7) is -0.145. The van der Waals surface area contributed by atoms with Gasteiger partial charge < -0.3 is 14.6 Å². The highest BCUT2D eigenvalue weighted by Crippen LogP contribution is 2.22. The molecule has 0 saturated carbocycles. The van der Waals surface area contributed by atoms with Gasteiger partial charge in [0.2, 0.25) is 0 Å². The Balaban J connectivity index is 2.11. The zero-order valence-electron chi connectivity index (χ0n) is 10.8. The average Bonchev–Trinajstić information content (AvgIpc) is 2.45. The van der Waals surface area contributed by atoms with Crippen molar-refractivity contribution in [3.8, 4) is 11.5 Å². The van der Waals surface area contributed by atoms with E-state index in [2.05, 4.69) is 0 Å². The van der Waals surface area contributed by atoms with E-state index in [1.54, 1.807) is 12.1 Å². The molecule has 0 fully saturated rings. The second-order valence-corrected chi connectivity index (χ2v) is 4.05. The fourth-order valence-corrected chi connectivity index (χ4v) is 1.73. The number of carbonyl (C=O) groups is 1. The van der Waals surface area contributed by atoms with E-state index in [-0.39, 0.29) is 17.9 Å². The minimum Gasteiger partial charge on any atom is -0.507 e. The lowest BCUT2D eigenvalue weighted by atomic mass is 10.2. The van der Waals surface area contributed by atoms with Gasteiger partial charge in [0.15, 0.2) is 0 Å². The number of hydrogen-bond donors (Lipinski definition) is 1. The highest BCUT2D eigenvalue weighted by Gasteiger charge is 2.13. The fourth-order valence-electron chi connectivity index (χ4n) is 1.73. The number of hydrogen-bond acceptors (Lipinski definition) is 4. The van der Waals surface area contributed by atoms with Crippen molar-refractivity contribution >= 4 is 5.97 Å². The number of phenolic OH excluding ortho intramolecular Hbond substituents is 1. The molecule has 0 unspecified atom stereocenters. The van der Waals surface area contributed by atoms with Gasteiger partial charge in [-0.15, -0.1) is 0 Å². The van der Waals surface area contributed by atoms with Gasteiger partial charge in [-0.2, -0.15) is 0 Å². The van der Waals surface area contributed by atoms with Crippen molar-refractivity contribution in [2.24, 2.45) is 0 Å². The summed E-state index contributed by atoms with van der Waals surface area (Å²) in [6.07, 6.45) is 0. The lowest BCUT2D eigenvalue weighted by Gasteiger charge is -2.10. The molecular weight excluding hydrogens is 263 g/mol. The normalized spacial score (nSPS) is 10.1. The Morgan fingerprint density at radius 1 is 1.25 bits per heavy atom. The SMILES string of the molecule is COc1ccc(F)cc1COC(=O)c1ccccc1O. The third-order valence-electron chi connectivity index (χ3n) is 2.73. The lowest BCUT2D eigenvalue weighted by molar-refractivity contribution is 0.0466. The molecule has 0 heterocycles. The van der Waals surface area contributed by atoms with Gasteiger partial charge in [0, 0.05) is 5.56 Å². The van der Waals surface area contributed by atoms with Crippen LogP contribution in [0.2, 0.25) is 0 Å². The van der Waals surface area contributed by atoms with E-state index >= 15 is 0 Å². The van der Waals surface area contributed by atoms with Crippen LogP contribution in [0, 0.1) is 5.82 Å². The number of methoxy groups -OCH3 is 1. The molecule has 5 heteroatoms. The third kappa shape index (κ3) is 3.06. The van der Waals surface area contributed by atoms with E-state index < -0.39 is 11.8 Å². The number of benzene rings is 2. The van der Waals surface area contributed by atoms with Crippen molar-refractivity contribution in [3.05, 3.63) is 59.4 Å². The molecule has 0 amide bonds. The largest absolute Gasteiger partial charge is 0.507 e. The fraction of sp³-hybridized carbons (Fsp3) is 0.133. The molecular formula is C15H13FO4. The number of ether oxygens (including phenoxy) is 2. The standard InChI is InChI=1S/C15H13FO4/c1-19-14-7-6-11(16)8-10(14)9-20-15(18)12-4-2-3-5-13(12)17/h2-8,17H,9H2,1H3. The summed E-state index contributed by atoms with van der Waals surface area (Å²) in [4.78, 5) is 11.8. The Hall–Kier alpha value is -2.56. The summed E-state index contributed by atoms with van der Waals surface area (Å²) in [6, 6.07) is 9.99. The summed E-state index contributed by atoms with van der Waals surface area (Å²) >= 11 is 0. The van der Waals surface area contributed by atoms with E-state index in [4.69, 9.17) is 9.47 Å². The van der Waals surface area contributed by atoms with Crippen LogP contribution in [0.5, 0.6) is 11.5 Å². The van der Waals surface area contributed by atoms with Crippen LogP contribution in [0.1, 0.15) is 15.9 Å². The molecule has 4 nitrogen and oxygen atoms in total. The highest BCUT2D eigenvalue weighted by molar-refractivity contribution is 5.92. The maximum absolute atomic E-state index is 13.2. The predicted octanol–water partition coefficient (Wildman–Crippen LogP) is 2.90. The van der Waals surface area contributed by atoms with Crippen LogP contribution >= 0.6 is 0 Å². The Kier molecular flexibility index (Phi) is 4.20. The van der Waals surface area contributed by atoms with Crippen LogP contribution in [-0.4, -0.2) is 18.2 Å². The topological polar surface area (TPSA) is 55.8 Å². The van der Waals surface area contributed by atoms with Crippen molar-refractivity contribution in [3.63, 3.8) is 0 Å². The molecule has 20 heavy (non-hydrogen) atoms. The summed E-state index contributed by atoms with van der Waals surface area (Å²) < 4.78 is 23.3. The summed E-state index contributed by atoms with van der Waals surface area (Å²) in [5, 5.41) is 9.54. The van der Waals surface area contributed by atoms with Gasteiger partial charge in [-0.1, -0.05) is 12.1 Å². The number of phenols is 1. The summed E-state index contributed by atoms with van der Waals surface area (Å²) in [5.41, 5.74) is 0.471. The van der Waals surface area contributed by atoms with Crippen LogP contribution in [0.15, 0.2) is 42.5 Å². The Morgan fingerprint density at radius 2 is 2.00 bits per heavy atom. The highest BCUT2D eigenvalue weighted by atomic mass is 19.1. The molecule has 2 rings (SSSR count). The van der Waals surface area contributed by atoms with Crippen molar-refractivity contribution in [1.82, 2.24) is 0 Å². The lowest BCUT2D eigenvalue weighted by Crippen LogP contribution is -2.06. The minimum atomic E-state index is -0.686. The molecule has 2 aromatic rings. The van der Waals surface area contributed by atoms with Crippen LogP contribution in [0.4, 0.5) is 4.39 Å². The Labute approximate surface area is 115 Å². The quantitative estimate of drug-likeness (QED) is 0.872. The van der Waals surface area contributed by atoms with Crippen LogP contribution < -0.4 is 4.74 Å².